The maximum Gasteiger partial charge on any atom is 0.122 e. The molecule has 0 bridgehead atoms. The summed E-state index contributed by atoms with van der Waals surface area (Å²) in [6, 6.07) is 5.96. The molecule has 0 fully saturated rings. The third kappa shape index (κ3) is 4.70. The van der Waals surface area contributed by atoms with Gasteiger partial charge in [-0.3, -0.25) is 0 Å². The number of halogens is 1. The lowest BCUT2D eigenvalue weighted by atomic mass is 9.84. The van der Waals surface area contributed by atoms with Gasteiger partial charge >= 0.3 is 0 Å². The lowest BCUT2D eigenvalue weighted by Crippen LogP contribution is -2.25. The van der Waals surface area contributed by atoms with E-state index in [1.807, 2.05) is 19.1 Å². The van der Waals surface area contributed by atoms with Gasteiger partial charge in [-0.2, -0.15) is 0 Å². The molecule has 0 saturated carbocycles. The highest BCUT2D eigenvalue weighted by atomic mass is 35.5. The smallest absolute Gasteiger partial charge is 0.122 e. The van der Waals surface area contributed by atoms with Crippen LogP contribution in [-0.4, -0.2) is 32.1 Å². The van der Waals surface area contributed by atoms with Crippen LogP contribution in [0.25, 0.3) is 0 Å². The number of hydrogen-bond donors (Lipinski definition) is 0. The molecule has 0 amide bonds. The molecule has 2 atom stereocenters. The van der Waals surface area contributed by atoms with Crippen LogP contribution in [0.4, 0.5) is 0 Å². The molecule has 0 heterocycles. The molecular formula is C16H26ClNO. The normalized spacial score (nSPS) is 14.5. The summed E-state index contributed by atoms with van der Waals surface area (Å²) in [4.78, 5) is 2.23. The minimum Gasteiger partial charge on any atom is -0.494 e. The number of ether oxygens (including phenoxy) is 1. The zero-order chi connectivity index (χ0) is 14.4. The molecule has 19 heavy (non-hydrogen) atoms. The molecule has 2 unspecified atom stereocenters. The zero-order valence-electron chi connectivity index (χ0n) is 12.7. The van der Waals surface area contributed by atoms with Crippen molar-refractivity contribution in [1.29, 1.82) is 0 Å². The Balaban J connectivity index is 3.14. The van der Waals surface area contributed by atoms with E-state index < -0.39 is 0 Å². The Morgan fingerprint density at radius 3 is 2.47 bits per heavy atom. The van der Waals surface area contributed by atoms with Crippen molar-refractivity contribution in [3.63, 3.8) is 0 Å². The molecule has 0 aliphatic rings. The summed E-state index contributed by atoms with van der Waals surface area (Å²) < 4.78 is 5.77. The van der Waals surface area contributed by atoms with Crippen molar-refractivity contribution in [1.82, 2.24) is 4.90 Å². The van der Waals surface area contributed by atoms with Crippen LogP contribution < -0.4 is 4.74 Å². The molecule has 1 rings (SSSR count). The quantitative estimate of drug-likeness (QED) is 0.734. The van der Waals surface area contributed by atoms with E-state index >= 15 is 0 Å². The standard InChI is InChI=1S/C16H26ClNO/c1-6-12(3)15(11-18(4)5)14-10-13(17)8-9-16(14)19-7-2/h8-10,12,15H,6-7,11H2,1-5H3. The first kappa shape index (κ1) is 16.3. The molecule has 1 aromatic carbocycles. The Labute approximate surface area is 122 Å². The van der Waals surface area contributed by atoms with Gasteiger partial charge in [-0.25, -0.2) is 0 Å². The number of rotatable bonds is 7. The second-order valence-corrected chi connectivity index (χ2v) is 5.81. The summed E-state index contributed by atoms with van der Waals surface area (Å²) >= 11 is 6.18. The maximum atomic E-state index is 6.18. The molecule has 0 spiro atoms. The molecule has 108 valence electrons. The number of nitrogens with zero attached hydrogens (tertiary/aromatic N) is 1. The fourth-order valence-electron chi connectivity index (χ4n) is 2.36. The Kier molecular flexibility index (Phi) is 6.67. The average molecular weight is 284 g/mol. The Morgan fingerprint density at radius 2 is 1.95 bits per heavy atom. The van der Waals surface area contributed by atoms with Crippen molar-refractivity contribution in [2.75, 3.05) is 27.2 Å². The molecular weight excluding hydrogens is 258 g/mol. The highest BCUT2D eigenvalue weighted by Crippen LogP contribution is 2.35. The predicted molar refractivity (Wildman–Crippen MR) is 83.4 cm³/mol. The van der Waals surface area contributed by atoms with Crippen molar-refractivity contribution >= 4 is 11.6 Å². The van der Waals surface area contributed by atoms with E-state index in [2.05, 4.69) is 38.9 Å². The SMILES string of the molecule is CCOc1ccc(Cl)cc1C(CN(C)C)C(C)CC. The second kappa shape index (κ2) is 7.76. The summed E-state index contributed by atoms with van der Waals surface area (Å²) in [5.41, 5.74) is 1.23. The number of hydrogen-bond acceptors (Lipinski definition) is 2. The van der Waals surface area contributed by atoms with E-state index in [9.17, 15) is 0 Å². The van der Waals surface area contributed by atoms with E-state index in [4.69, 9.17) is 16.3 Å². The first-order valence-electron chi connectivity index (χ1n) is 7.06. The molecule has 0 aliphatic heterocycles. The van der Waals surface area contributed by atoms with Crippen LogP contribution in [0.2, 0.25) is 5.02 Å². The van der Waals surface area contributed by atoms with Crippen LogP contribution in [0, 0.1) is 5.92 Å². The Bertz CT molecular complexity index is 392. The molecule has 0 saturated heterocycles. The van der Waals surface area contributed by atoms with Gasteiger partial charge in [-0.15, -0.1) is 0 Å². The topological polar surface area (TPSA) is 12.5 Å². The van der Waals surface area contributed by atoms with Gasteiger partial charge in [0.25, 0.3) is 0 Å². The van der Waals surface area contributed by atoms with Crippen molar-refractivity contribution in [3.05, 3.63) is 28.8 Å². The van der Waals surface area contributed by atoms with Gasteiger partial charge < -0.3 is 9.64 Å². The molecule has 0 aliphatic carbocycles. The van der Waals surface area contributed by atoms with Crippen molar-refractivity contribution in [2.24, 2.45) is 5.92 Å². The van der Waals surface area contributed by atoms with Gasteiger partial charge in [-0.1, -0.05) is 31.9 Å². The molecule has 1 aromatic rings. The van der Waals surface area contributed by atoms with E-state index in [-0.39, 0.29) is 0 Å². The highest BCUT2D eigenvalue weighted by molar-refractivity contribution is 6.30. The van der Waals surface area contributed by atoms with E-state index in [0.29, 0.717) is 18.4 Å². The van der Waals surface area contributed by atoms with Crippen molar-refractivity contribution in [2.45, 2.75) is 33.1 Å². The third-order valence-electron chi connectivity index (χ3n) is 3.56. The zero-order valence-corrected chi connectivity index (χ0v) is 13.5. The van der Waals surface area contributed by atoms with Crippen LogP contribution >= 0.6 is 11.6 Å². The lowest BCUT2D eigenvalue weighted by Gasteiger charge is -2.28. The van der Waals surface area contributed by atoms with Gasteiger partial charge in [0, 0.05) is 23.0 Å². The van der Waals surface area contributed by atoms with Gasteiger partial charge in [0.05, 0.1) is 6.61 Å². The van der Waals surface area contributed by atoms with E-state index in [1.165, 1.54) is 5.56 Å². The fraction of sp³-hybridized carbons (Fsp3) is 0.625. The highest BCUT2D eigenvalue weighted by Gasteiger charge is 2.22. The van der Waals surface area contributed by atoms with Crippen LogP contribution in [0.15, 0.2) is 18.2 Å². The monoisotopic (exact) mass is 283 g/mol. The summed E-state index contributed by atoms with van der Waals surface area (Å²) in [7, 11) is 4.22. The Morgan fingerprint density at radius 1 is 1.26 bits per heavy atom. The minimum atomic E-state index is 0.445. The van der Waals surface area contributed by atoms with Crippen LogP contribution in [-0.2, 0) is 0 Å². The number of likely N-dealkylation sites (N-methyl/N-ethyl adjacent to an activating group) is 1. The fourth-order valence-corrected chi connectivity index (χ4v) is 2.54. The first-order chi connectivity index (χ1) is 8.99. The molecule has 2 nitrogen and oxygen atoms in total. The van der Waals surface area contributed by atoms with E-state index in [1.54, 1.807) is 0 Å². The first-order valence-corrected chi connectivity index (χ1v) is 7.44. The van der Waals surface area contributed by atoms with Gasteiger partial charge in [0.1, 0.15) is 5.75 Å². The summed E-state index contributed by atoms with van der Waals surface area (Å²) in [6.45, 7) is 8.24. The largest absolute Gasteiger partial charge is 0.494 e. The number of benzene rings is 1. The second-order valence-electron chi connectivity index (χ2n) is 5.37. The minimum absolute atomic E-state index is 0.445. The maximum absolute atomic E-state index is 6.18. The summed E-state index contributed by atoms with van der Waals surface area (Å²) in [5, 5.41) is 0.783. The van der Waals surface area contributed by atoms with Gasteiger partial charge in [-0.05, 0) is 45.1 Å². The van der Waals surface area contributed by atoms with Crippen molar-refractivity contribution < 1.29 is 4.74 Å². The van der Waals surface area contributed by atoms with Crippen LogP contribution in [0.5, 0.6) is 5.75 Å². The van der Waals surface area contributed by atoms with Crippen molar-refractivity contribution in [3.8, 4) is 5.75 Å². The lowest BCUT2D eigenvalue weighted by molar-refractivity contribution is 0.295. The molecule has 0 radical (unpaired) electrons. The molecule has 3 heteroatoms. The Hall–Kier alpha value is -0.730. The van der Waals surface area contributed by atoms with Gasteiger partial charge in [0.15, 0.2) is 0 Å². The summed E-state index contributed by atoms with van der Waals surface area (Å²) in [6.07, 6.45) is 1.15. The van der Waals surface area contributed by atoms with Crippen LogP contribution in [0.3, 0.4) is 0 Å². The van der Waals surface area contributed by atoms with Crippen LogP contribution in [0.1, 0.15) is 38.7 Å². The molecule has 0 aromatic heterocycles. The predicted octanol–water partition coefficient (Wildman–Crippen LogP) is 4.43. The summed E-state index contributed by atoms with van der Waals surface area (Å²) in [5.74, 6) is 2.01. The third-order valence-corrected chi connectivity index (χ3v) is 3.80. The van der Waals surface area contributed by atoms with E-state index in [0.717, 1.165) is 23.7 Å². The van der Waals surface area contributed by atoms with Gasteiger partial charge in [0.2, 0.25) is 0 Å². The average Bonchev–Trinajstić information content (AvgIpc) is 2.37. The molecule has 0 N–H and O–H groups in total.